The predicted octanol–water partition coefficient (Wildman–Crippen LogP) is 2.45. The van der Waals surface area contributed by atoms with Crippen LogP contribution in [0, 0.1) is 0 Å². The van der Waals surface area contributed by atoms with E-state index in [4.69, 9.17) is 0 Å². The zero-order valence-corrected chi connectivity index (χ0v) is 14.7. The number of nitrogens with one attached hydrogen (secondary N) is 1. The molecule has 1 N–H and O–H groups in total. The van der Waals surface area contributed by atoms with Gasteiger partial charge in [-0.3, -0.25) is 19.6 Å². The molecule has 0 aromatic carbocycles. The number of piperidine rings is 1. The Bertz CT molecular complexity index is 886. The van der Waals surface area contributed by atoms with Crippen LogP contribution in [-0.2, 0) is 6.54 Å². The van der Waals surface area contributed by atoms with Crippen LogP contribution < -0.4 is 0 Å². The molecule has 8 heteroatoms. The lowest BCUT2D eigenvalue weighted by molar-refractivity contribution is 0.0587. The predicted molar refractivity (Wildman–Crippen MR) is 95.1 cm³/mol. The lowest BCUT2D eigenvalue weighted by Crippen LogP contribution is -2.40. The number of hydrogen-bond acceptors (Lipinski definition) is 5. The summed E-state index contributed by atoms with van der Waals surface area (Å²) in [4.78, 5) is 23.7. The zero-order valence-electron chi connectivity index (χ0n) is 14.7. The summed E-state index contributed by atoms with van der Waals surface area (Å²) in [5.74, 6) is 1.32. The van der Waals surface area contributed by atoms with Gasteiger partial charge in [0.05, 0.1) is 6.04 Å². The second-order valence-corrected chi connectivity index (χ2v) is 6.33. The number of carbonyl (C=O) groups is 1. The van der Waals surface area contributed by atoms with Crippen LogP contribution >= 0.6 is 0 Å². The molecule has 0 bridgehead atoms. The molecule has 4 rings (SSSR count). The Balaban J connectivity index is 1.62. The minimum atomic E-state index is -0.102. The fraction of sp³-hybridized carbons (Fsp3) is 0.389. The van der Waals surface area contributed by atoms with E-state index in [1.807, 2.05) is 24.0 Å². The SMILES string of the molecule is CCn1nccc1C(=O)N1CCCCC1c1nc(-c2cccnc2)n[nH]1. The van der Waals surface area contributed by atoms with E-state index in [0.29, 0.717) is 24.6 Å². The molecule has 1 unspecified atom stereocenters. The van der Waals surface area contributed by atoms with Crippen LogP contribution in [0.4, 0.5) is 0 Å². The van der Waals surface area contributed by atoms with E-state index in [-0.39, 0.29) is 11.9 Å². The maximum atomic E-state index is 13.1. The van der Waals surface area contributed by atoms with Crippen molar-refractivity contribution in [3.05, 3.63) is 48.3 Å². The number of rotatable bonds is 4. The van der Waals surface area contributed by atoms with E-state index in [9.17, 15) is 4.79 Å². The average molecular weight is 351 g/mol. The molecule has 1 amide bonds. The lowest BCUT2D eigenvalue weighted by Gasteiger charge is -2.34. The first-order valence-corrected chi connectivity index (χ1v) is 8.93. The highest BCUT2D eigenvalue weighted by Crippen LogP contribution is 2.31. The molecular weight excluding hydrogens is 330 g/mol. The molecule has 8 nitrogen and oxygen atoms in total. The first kappa shape index (κ1) is 16.4. The van der Waals surface area contributed by atoms with Crippen LogP contribution in [0.3, 0.4) is 0 Å². The minimum Gasteiger partial charge on any atom is -0.327 e. The van der Waals surface area contributed by atoms with Gasteiger partial charge in [0, 0.05) is 37.2 Å². The number of aryl methyl sites for hydroxylation is 1. The summed E-state index contributed by atoms with van der Waals surface area (Å²) in [5, 5.41) is 11.6. The summed E-state index contributed by atoms with van der Waals surface area (Å²) < 4.78 is 1.73. The molecule has 3 aromatic heterocycles. The highest BCUT2D eigenvalue weighted by Gasteiger charge is 2.32. The Morgan fingerprint density at radius 3 is 3.04 bits per heavy atom. The van der Waals surface area contributed by atoms with E-state index < -0.39 is 0 Å². The van der Waals surface area contributed by atoms with Crippen LogP contribution in [0.2, 0.25) is 0 Å². The van der Waals surface area contributed by atoms with Gasteiger partial charge in [0.25, 0.3) is 5.91 Å². The Morgan fingerprint density at radius 1 is 1.31 bits per heavy atom. The number of likely N-dealkylation sites (tertiary alicyclic amines) is 1. The molecule has 0 aliphatic carbocycles. The number of aromatic amines is 1. The smallest absolute Gasteiger partial charge is 0.272 e. The first-order chi connectivity index (χ1) is 12.8. The number of H-pyrrole nitrogens is 1. The largest absolute Gasteiger partial charge is 0.327 e. The van der Waals surface area contributed by atoms with Crippen molar-refractivity contribution in [2.75, 3.05) is 6.54 Å². The molecule has 26 heavy (non-hydrogen) atoms. The Kier molecular flexibility index (Phi) is 4.47. The summed E-state index contributed by atoms with van der Waals surface area (Å²) in [5.41, 5.74) is 1.47. The molecule has 1 fully saturated rings. The molecule has 0 spiro atoms. The van der Waals surface area contributed by atoms with Crippen LogP contribution in [0.1, 0.15) is 48.5 Å². The Hall–Kier alpha value is -3.03. The normalized spacial score (nSPS) is 17.4. The van der Waals surface area contributed by atoms with E-state index in [2.05, 4.69) is 25.3 Å². The molecule has 134 valence electrons. The van der Waals surface area contributed by atoms with Gasteiger partial charge in [0.15, 0.2) is 5.82 Å². The lowest BCUT2D eigenvalue weighted by atomic mass is 10.0. The molecule has 1 atom stereocenters. The molecule has 1 aliphatic heterocycles. The van der Waals surface area contributed by atoms with Gasteiger partial charge in [-0.25, -0.2) is 4.98 Å². The highest BCUT2D eigenvalue weighted by molar-refractivity contribution is 5.92. The van der Waals surface area contributed by atoms with Crippen LogP contribution in [0.25, 0.3) is 11.4 Å². The van der Waals surface area contributed by atoms with Crippen molar-refractivity contribution in [3.8, 4) is 11.4 Å². The van der Waals surface area contributed by atoms with Crippen LogP contribution in [0.5, 0.6) is 0 Å². The van der Waals surface area contributed by atoms with Gasteiger partial charge in [-0.05, 0) is 44.4 Å². The van der Waals surface area contributed by atoms with Gasteiger partial charge in [-0.2, -0.15) is 10.2 Å². The monoisotopic (exact) mass is 351 g/mol. The third-order valence-electron chi connectivity index (χ3n) is 4.74. The summed E-state index contributed by atoms with van der Waals surface area (Å²) in [7, 11) is 0. The van der Waals surface area contributed by atoms with Crippen molar-refractivity contribution in [2.45, 2.75) is 38.8 Å². The topological polar surface area (TPSA) is 92.6 Å². The zero-order chi connectivity index (χ0) is 17.9. The van der Waals surface area contributed by atoms with E-state index in [1.165, 1.54) is 0 Å². The van der Waals surface area contributed by atoms with Gasteiger partial charge in [0.2, 0.25) is 0 Å². The van der Waals surface area contributed by atoms with Gasteiger partial charge in [-0.15, -0.1) is 0 Å². The van der Waals surface area contributed by atoms with Gasteiger partial charge >= 0.3 is 0 Å². The molecule has 1 aliphatic rings. The maximum Gasteiger partial charge on any atom is 0.272 e. The molecule has 0 saturated carbocycles. The number of nitrogens with zero attached hydrogens (tertiary/aromatic N) is 6. The maximum absolute atomic E-state index is 13.1. The van der Waals surface area contributed by atoms with Gasteiger partial charge in [0.1, 0.15) is 11.5 Å². The van der Waals surface area contributed by atoms with Crippen molar-refractivity contribution < 1.29 is 4.79 Å². The Labute approximate surface area is 151 Å². The van der Waals surface area contributed by atoms with Crippen molar-refractivity contribution in [1.82, 2.24) is 34.8 Å². The van der Waals surface area contributed by atoms with E-state index in [1.54, 1.807) is 29.3 Å². The van der Waals surface area contributed by atoms with Crippen molar-refractivity contribution >= 4 is 5.91 Å². The second-order valence-electron chi connectivity index (χ2n) is 6.33. The summed E-state index contributed by atoms with van der Waals surface area (Å²) in [6.07, 6.45) is 8.04. The fourth-order valence-electron chi connectivity index (χ4n) is 3.42. The van der Waals surface area contributed by atoms with Crippen molar-refractivity contribution in [1.29, 1.82) is 0 Å². The molecular formula is C18H21N7O. The molecule has 0 radical (unpaired) electrons. The van der Waals surface area contributed by atoms with Gasteiger partial charge in [-0.1, -0.05) is 0 Å². The third kappa shape index (κ3) is 2.98. The minimum absolute atomic E-state index is 0.00613. The summed E-state index contributed by atoms with van der Waals surface area (Å²) in [6, 6.07) is 5.45. The van der Waals surface area contributed by atoms with Crippen molar-refractivity contribution in [3.63, 3.8) is 0 Å². The number of carbonyl (C=O) groups excluding carboxylic acids is 1. The number of pyridine rings is 1. The Morgan fingerprint density at radius 2 is 2.23 bits per heavy atom. The van der Waals surface area contributed by atoms with Gasteiger partial charge < -0.3 is 4.90 Å². The summed E-state index contributed by atoms with van der Waals surface area (Å²) >= 11 is 0. The van der Waals surface area contributed by atoms with E-state index in [0.717, 1.165) is 30.7 Å². The number of hydrogen-bond donors (Lipinski definition) is 1. The first-order valence-electron chi connectivity index (χ1n) is 8.93. The third-order valence-corrected chi connectivity index (χ3v) is 4.74. The standard InChI is InChI=1S/C18H21N7O/c1-2-25-15(8-10-20-25)18(26)24-11-4-3-7-14(24)17-21-16(22-23-17)13-6-5-9-19-12-13/h5-6,8-10,12,14H,2-4,7,11H2,1H3,(H,21,22,23). The molecule has 1 saturated heterocycles. The summed E-state index contributed by atoms with van der Waals surface area (Å²) in [6.45, 7) is 3.36. The van der Waals surface area contributed by atoms with Crippen molar-refractivity contribution in [2.24, 2.45) is 0 Å². The quantitative estimate of drug-likeness (QED) is 0.779. The highest BCUT2D eigenvalue weighted by atomic mass is 16.2. The number of aromatic nitrogens is 6. The van der Waals surface area contributed by atoms with Crippen LogP contribution in [0.15, 0.2) is 36.8 Å². The second kappa shape index (κ2) is 7.07. The number of amides is 1. The average Bonchev–Trinajstić information content (AvgIpc) is 3.37. The molecule has 4 heterocycles. The van der Waals surface area contributed by atoms with E-state index >= 15 is 0 Å². The molecule has 3 aromatic rings. The fourth-order valence-corrected chi connectivity index (χ4v) is 3.42. The van der Waals surface area contributed by atoms with Crippen LogP contribution in [-0.4, -0.2) is 47.3 Å².